The van der Waals surface area contributed by atoms with Gasteiger partial charge in [0.05, 0.1) is 24.0 Å². The Labute approximate surface area is 157 Å². The molecular formula is C18H25N9. The summed E-state index contributed by atoms with van der Waals surface area (Å²) in [5.74, 6) is 0.273. The standard InChI is InChI=1S/C9H13N5.C9H12N4/c1-9(2,3)6-5-7(12-4-11-5)14-8(10)13-6;1-9(2,3)7-6-8(12-4-10-6)13-5-11-7/h4H,1-3H3,(H3,10,11,12,13,14);4-5H,1-3H3,(H,10,11,12,13). The van der Waals surface area contributed by atoms with Crippen molar-refractivity contribution in [2.75, 3.05) is 5.73 Å². The number of rotatable bonds is 0. The molecule has 4 rings (SSSR count). The summed E-state index contributed by atoms with van der Waals surface area (Å²) in [5, 5.41) is 0. The Hall–Kier alpha value is -3.10. The monoisotopic (exact) mass is 367 g/mol. The number of hydrogen-bond acceptors (Lipinski definition) is 7. The number of fused-ring (bicyclic) bond motifs is 2. The molecule has 4 aromatic heterocycles. The number of anilines is 1. The summed E-state index contributed by atoms with van der Waals surface area (Å²) in [7, 11) is 0. The quantitative estimate of drug-likeness (QED) is 0.435. The van der Waals surface area contributed by atoms with Gasteiger partial charge < -0.3 is 15.7 Å². The average molecular weight is 367 g/mol. The molecule has 0 aromatic carbocycles. The first-order chi connectivity index (χ1) is 12.6. The molecule has 0 saturated carbocycles. The summed E-state index contributed by atoms with van der Waals surface area (Å²) < 4.78 is 0. The maximum absolute atomic E-state index is 5.60. The van der Waals surface area contributed by atoms with Crippen molar-refractivity contribution in [1.29, 1.82) is 0 Å². The lowest BCUT2D eigenvalue weighted by Gasteiger charge is -2.17. The third kappa shape index (κ3) is 3.86. The van der Waals surface area contributed by atoms with E-state index in [1.807, 2.05) is 0 Å². The van der Waals surface area contributed by atoms with E-state index in [4.69, 9.17) is 5.73 Å². The second-order valence-electron chi connectivity index (χ2n) is 8.35. The van der Waals surface area contributed by atoms with Gasteiger partial charge in [0.15, 0.2) is 11.3 Å². The fourth-order valence-electron chi connectivity index (χ4n) is 2.73. The van der Waals surface area contributed by atoms with Gasteiger partial charge in [-0.05, 0) is 0 Å². The van der Waals surface area contributed by atoms with E-state index in [-0.39, 0.29) is 16.8 Å². The summed E-state index contributed by atoms with van der Waals surface area (Å²) >= 11 is 0. The molecule has 0 unspecified atom stereocenters. The Morgan fingerprint density at radius 3 is 1.85 bits per heavy atom. The molecule has 0 fully saturated rings. The summed E-state index contributed by atoms with van der Waals surface area (Å²) in [6, 6.07) is 0. The predicted molar refractivity (Wildman–Crippen MR) is 105 cm³/mol. The van der Waals surface area contributed by atoms with Crippen LogP contribution in [0.1, 0.15) is 52.9 Å². The Morgan fingerprint density at radius 1 is 0.704 bits per heavy atom. The van der Waals surface area contributed by atoms with Crippen molar-refractivity contribution in [1.82, 2.24) is 39.9 Å². The molecule has 0 atom stereocenters. The molecule has 9 nitrogen and oxygen atoms in total. The number of H-pyrrole nitrogens is 2. The highest BCUT2D eigenvalue weighted by Crippen LogP contribution is 2.26. The third-order valence-corrected chi connectivity index (χ3v) is 3.95. The van der Waals surface area contributed by atoms with Crippen molar-refractivity contribution in [3.63, 3.8) is 0 Å². The third-order valence-electron chi connectivity index (χ3n) is 3.95. The summed E-state index contributed by atoms with van der Waals surface area (Å²) in [6.07, 6.45) is 4.81. The smallest absolute Gasteiger partial charge is 0.222 e. The molecular weight excluding hydrogens is 342 g/mol. The normalized spacial score (nSPS) is 12.2. The summed E-state index contributed by atoms with van der Waals surface area (Å²) in [5.41, 5.74) is 10.6. The number of nitrogen functional groups attached to an aromatic ring is 1. The minimum absolute atomic E-state index is 0.0216. The van der Waals surface area contributed by atoms with E-state index in [0.717, 1.165) is 28.1 Å². The molecule has 4 N–H and O–H groups in total. The molecule has 0 aliphatic heterocycles. The van der Waals surface area contributed by atoms with Crippen LogP contribution in [-0.2, 0) is 10.8 Å². The maximum atomic E-state index is 5.60. The minimum atomic E-state index is -0.0676. The van der Waals surface area contributed by atoms with Crippen LogP contribution in [0.15, 0.2) is 19.0 Å². The van der Waals surface area contributed by atoms with Crippen LogP contribution >= 0.6 is 0 Å². The molecule has 0 saturated heterocycles. The van der Waals surface area contributed by atoms with Gasteiger partial charge in [0.1, 0.15) is 17.4 Å². The van der Waals surface area contributed by atoms with E-state index in [1.54, 1.807) is 19.0 Å². The van der Waals surface area contributed by atoms with E-state index in [1.165, 1.54) is 0 Å². The lowest BCUT2D eigenvalue weighted by atomic mass is 9.91. The first kappa shape index (κ1) is 18.7. The zero-order valence-electron chi connectivity index (χ0n) is 16.5. The highest BCUT2D eigenvalue weighted by molar-refractivity contribution is 5.75. The number of hydrogen-bond donors (Lipinski definition) is 3. The van der Waals surface area contributed by atoms with Gasteiger partial charge >= 0.3 is 0 Å². The second-order valence-corrected chi connectivity index (χ2v) is 8.35. The van der Waals surface area contributed by atoms with Crippen molar-refractivity contribution >= 4 is 28.3 Å². The molecule has 0 bridgehead atoms. The topological polar surface area (TPSA) is 135 Å². The van der Waals surface area contributed by atoms with Gasteiger partial charge in [-0.15, -0.1) is 0 Å². The van der Waals surface area contributed by atoms with Crippen LogP contribution in [0.25, 0.3) is 22.3 Å². The van der Waals surface area contributed by atoms with E-state index in [0.29, 0.717) is 5.65 Å². The Bertz CT molecular complexity index is 1060. The van der Waals surface area contributed by atoms with Crippen molar-refractivity contribution in [2.24, 2.45) is 0 Å². The number of aromatic nitrogens is 8. The number of nitrogens with one attached hydrogen (secondary N) is 2. The fourth-order valence-corrected chi connectivity index (χ4v) is 2.73. The lowest BCUT2D eigenvalue weighted by Crippen LogP contribution is -2.16. The number of aromatic amines is 2. The Morgan fingerprint density at radius 2 is 1.26 bits per heavy atom. The molecule has 0 radical (unpaired) electrons. The summed E-state index contributed by atoms with van der Waals surface area (Å²) in [6.45, 7) is 12.6. The molecule has 27 heavy (non-hydrogen) atoms. The van der Waals surface area contributed by atoms with Gasteiger partial charge in [0.25, 0.3) is 0 Å². The molecule has 4 heterocycles. The molecule has 4 aromatic rings. The predicted octanol–water partition coefficient (Wildman–Crippen LogP) is 2.88. The highest BCUT2D eigenvalue weighted by atomic mass is 15.1. The van der Waals surface area contributed by atoms with Gasteiger partial charge in [-0.25, -0.2) is 24.9 Å². The van der Waals surface area contributed by atoms with E-state index in [2.05, 4.69) is 81.4 Å². The van der Waals surface area contributed by atoms with Crippen LogP contribution in [0.5, 0.6) is 0 Å². The van der Waals surface area contributed by atoms with Crippen LogP contribution in [0.4, 0.5) is 5.95 Å². The van der Waals surface area contributed by atoms with E-state index >= 15 is 0 Å². The van der Waals surface area contributed by atoms with Crippen LogP contribution < -0.4 is 5.73 Å². The molecule has 142 valence electrons. The van der Waals surface area contributed by atoms with Crippen LogP contribution in [0, 0.1) is 0 Å². The Kier molecular flexibility index (Phi) is 4.54. The molecule has 9 heteroatoms. The number of nitrogens with two attached hydrogens (primary N) is 1. The van der Waals surface area contributed by atoms with Gasteiger partial charge in [-0.2, -0.15) is 4.98 Å². The van der Waals surface area contributed by atoms with E-state index in [9.17, 15) is 0 Å². The number of imidazole rings is 2. The molecule has 0 aliphatic carbocycles. The van der Waals surface area contributed by atoms with Crippen LogP contribution in [-0.4, -0.2) is 39.9 Å². The van der Waals surface area contributed by atoms with Gasteiger partial charge in [0.2, 0.25) is 5.95 Å². The average Bonchev–Trinajstić information content (AvgIpc) is 3.20. The van der Waals surface area contributed by atoms with Crippen molar-refractivity contribution < 1.29 is 0 Å². The zero-order chi connectivity index (χ0) is 19.8. The maximum Gasteiger partial charge on any atom is 0.222 e. The minimum Gasteiger partial charge on any atom is -0.368 e. The zero-order valence-corrected chi connectivity index (χ0v) is 16.5. The van der Waals surface area contributed by atoms with Crippen LogP contribution in [0.3, 0.4) is 0 Å². The highest BCUT2D eigenvalue weighted by Gasteiger charge is 2.21. The number of nitrogens with zero attached hydrogens (tertiary/aromatic N) is 6. The van der Waals surface area contributed by atoms with Crippen molar-refractivity contribution in [3.05, 3.63) is 30.4 Å². The second kappa shape index (κ2) is 6.57. The molecule has 0 amide bonds. The fraction of sp³-hybridized carbons (Fsp3) is 0.444. The SMILES string of the molecule is CC(C)(C)c1nc(N)nc2nc[nH]c12.CC(C)(C)c1ncnc2nc[nH]c12. The van der Waals surface area contributed by atoms with Gasteiger partial charge in [0, 0.05) is 10.8 Å². The van der Waals surface area contributed by atoms with Crippen molar-refractivity contribution in [3.8, 4) is 0 Å². The van der Waals surface area contributed by atoms with Crippen molar-refractivity contribution in [2.45, 2.75) is 52.4 Å². The van der Waals surface area contributed by atoms with E-state index < -0.39 is 0 Å². The Balaban J connectivity index is 0.000000156. The van der Waals surface area contributed by atoms with Gasteiger partial charge in [-0.3, -0.25) is 0 Å². The summed E-state index contributed by atoms with van der Waals surface area (Å²) in [4.78, 5) is 30.8. The molecule has 0 spiro atoms. The van der Waals surface area contributed by atoms with Gasteiger partial charge in [-0.1, -0.05) is 41.5 Å². The lowest BCUT2D eigenvalue weighted by molar-refractivity contribution is 0.573. The molecule has 0 aliphatic rings. The first-order valence-electron chi connectivity index (χ1n) is 8.69. The first-order valence-corrected chi connectivity index (χ1v) is 8.69. The van der Waals surface area contributed by atoms with Crippen LogP contribution in [0.2, 0.25) is 0 Å². The largest absolute Gasteiger partial charge is 0.368 e.